The molecule has 5 aromatic carbocycles. The molecule has 0 amide bonds. The Morgan fingerprint density at radius 2 is 1.25 bits per heavy atom. The smallest absolute Gasteiger partial charge is 0.235 e. The van der Waals surface area contributed by atoms with Gasteiger partial charge in [-0.1, -0.05) is 91.0 Å². The highest BCUT2D eigenvalue weighted by atomic mass is 15.2. The van der Waals surface area contributed by atoms with E-state index in [-0.39, 0.29) is 0 Å². The average Bonchev–Trinajstić information content (AvgIpc) is 3.56. The number of rotatable bonds is 2. The highest BCUT2D eigenvalue weighted by Gasteiger charge is 2.20. The molecule has 0 aliphatic rings. The second-order valence-electron chi connectivity index (χ2n) is 10.1. The van der Waals surface area contributed by atoms with E-state index in [0.717, 1.165) is 71.4 Å². The van der Waals surface area contributed by atoms with Gasteiger partial charge in [0.15, 0.2) is 0 Å². The van der Waals surface area contributed by atoms with Gasteiger partial charge in [-0.05, 0) is 35.7 Å². The molecule has 0 N–H and O–H groups in total. The van der Waals surface area contributed by atoms with Gasteiger partial charge >= 0.3 is 0 Å². The number of aromatic nitrogens is 5. The predicted molar refractivity (Wildman–Crippen MR) is 163 cm³/mol. The van der Waals surface area contributed by atoms with Crippen LogP contribution in [0.5, 0.6) is 0 Å². The first-order chi connectivity index (χ1) is 19.8. The van der Waals surface area contributed by atoms with Gasteiger partial charge in [-0.15, -0.1) is 0 Å². The summed E-state index contributed by atoms with van der Waals surface area (Å²) in [5.41, 5.74) is 8.02. The maximum Gasteiger partial charge on any atom is 0.235 e. The minimum absolute atomic E-state index is 0.648. The van der Waals surface area contributed by atoms with Gasteiger partial charge < -0.3 is 0 Å². The van der Waals surface area contributed by atoms with Crippen LogP contribution < -0.4 is 0 Å². The van der Waals surface area contributed by atoms with E-state index in [1.54, 1.807) is 0 Å². The fraction of sp³-hybridized carbons (Fsp3) is 0. The number of para-hydroxylation sites is 3. The van der Waals surface area contributed by atoms with Crippen LogP contribution in [0.3, 0.4) is 0 Å². The molecule has 0 bridgehead atoms. The van der Waals surface area contributed by atoms with Crippen LogP contribution in [0.1, 0.15) is 0 Å². The number of nitrogens with zero attached hydrogens (tertiary/aromatic N) is 5. The van der Waals surface area contributed by atoms with Gasteiger partial charge in [0, 0.05) is 27.9 Å². The Morgan fingerprint density at radius 3 is 2.15 bits per heavy atom. The van der Waals surface area contributed by atoms with Crippen molar-refractivity contribution in [1.82, 2.24) is 23.9 Å². The van der Waals surface area contributed by atoms with Crippen LogP contribution >= 0.6 is 0 Å². The summed E-state index contributed by atoms with van der Waals surface area (Å²) >= 11 is 0. The van der Waals surface area contributed by atoms with Gasteiger partial charge in [-0.25, -0.2) is 15.0 Å². The molecule has 186 valence electrons. The third-order valence-electron chi connectivity index (χ3n) is 7.94. The maximum atomic E-state index is 5.28. The monoisotopic (exact) mass is 511 g/mol. The molecule has 0 fully saturated rings. The Kier molecular flexibility index (Phi) is 4.27. The summed E-state index contributed by atoms with van der Waals surface area (Å²) in [7, 11) is 0. The van der Waals surface area contributed by atoms with E-state index in [2.05, 4.69) is 124 Å². The van der Waals surface area contributed by atoms with Crippen molar-refractivity contribution in [2.24, 2.45) is 0 Å². The molecule has 9 aromatic rings. The number of imidazole rings is 1. The quantitative estimate of drug-likeness (QED) is 0.219. The third kappa shape index (κ3) is 2.89. The van der Waals surface area contributed by atoms with Crippen molar-refractivity contribution in [2.75, 3.05) is 0 Å². The molecule has 0 aliphatic heterocycles. The molecule has 0 unspecified atom stereocenters. The number of hydrogen-bond donors (Lipinski definition) is 0. The predicted octanol–water partition coefficient (Wildman–Crippen LogP) is 8.35. The van der Waals surface area contributed by atoms with Gasteiger partial charge in [0.05, 0.1) is 38.7 Å². The minimum Gasteiger partial charge on any atom is -0.299 e. The van der Waals surface area contributed by atoms with Crippen molar-refractivity contribution in [3.63, 3.8) is 0 Å². The van der Waals surface area contributed by atoms with Gasteiger partial charge in [-0.3, -0.25) is 8.97 Å². The van der Waals surface area contributed by atoms with Gasteiger partial charge in [0.25, 0.3) is 0 Å². The topological polar surface area (TPSA) is 48.0 Å². The molecule has 40 heavy (non-hydrogen) atoms. The molecule has 4 heterocycles. The average molecular weight is 512 g/mol. The Hall–Kier alpha value is -5.55. The maximum absolute atomic E-state index is 5.28. The van der Waals surface area contributed by atoms with E-state index < -0.39 is 0 Å². The van der Waals surface area contributed by atoms with E-state index in [1.165, 1.54) is 0 Å². The number of benzene rings is 5. The second kappa shape index (κ2) is 7.98. The van der Waals surface area contributed by atoms with Crippen LogP contribution in [0.25, 0.3) is 77.4 Å². The van der Waals surface area contributed by atoms with Crippen molar-refractivity contribution in [2.45, 2.75) is 0 Å². The first-order valence-corrected chi connectivity index (χ1v) is 13.4. The zero-order valence-electron chi connectivity index (χ0n) is 21.4. The fourth-order valence-corrected chi connectivity index (χ4v) is 6.15. The number of hydrogen-bond acceptors (Lipinski definition) is 3. The summed E-state index contributed by atoms with van der Waals surface area (Å²) < 4.78 is 4.37. The van der Waals surface area contributed by atoms with Gasteiger partial charge in [0.1, 0.15) is 5.65 Å². The normalized spacial score (nSPS) is 12.0. The molecular weight excluding hydrogens is 490 g/mol. The fourth-order valence-electron chi connectivity index (χ4n) is 6.15. The van der Waals surface area contributed by atoms with Crippen molar-refractivity contribution in [3.05, 3.63) is 128 Å². The Bertz CT molecular complexity index is 2430. The van der Waals surface area contributed by atoms with Crippen LogP contribution in [0.2, 0.25) is 0 Å². The summed E-state index contributed by atoms with van der Waals surface area (Å²) in [4.78, 5) is 15.6. The van der Waals surface area contributed by atoms with Crippen LogP contribution in [-0.2, 0) is 0 Å². The standard InChI is InChI=1S/C35H21N5/c1-2-11-23(12-3-1)32-26-19-18-22-10-4-5-13-24(22)33(26)38-35(37-32)40-28-16-8-6-14-25(28)31-30(40)20-21-39-29-17-9-7-15-27(29)36-34(31)39/h1-21H. The molecule has 0 spiro atoms. The van der Waals surface area contributed by atoms with Crippen LogP contribution in [0.4, 0.5) is 0 Å². The lowest BCUT2D eigenvalue weighted by Gasteiger charge is -2.13. The molecule has 0 saturated carbocycles. The van der Waals surface area contributed by atoms with Crippen LogP contribution in [0, 0.1) is 0 Å². The molecule has 0 atom stereocenters. The lowest BCUT2D eigenvalue weighted by molar-refractivity contribution is 1.01. The Morgan fingerprint density at radius 1 is 0.500 bits per heavy atom. The molecule has 9 rings (SSSR count). The number of fused-ring (bicyclic) bond motifs is 10. The van der Waals surface area contributed by atoms with Gasteiger partial charge in [-0.2, -0.15) is 0 Å². The second-order valence-corrected chi connectivity index (χ2v) is 10.1. The third-order valence-corrected chi connectivity index (χ3v) is 7.94. The first kappa shape index (κ1) is 21.4. The summed E-state index contributed by atoms with van der Waals surface area (Å²) in [6.45, 7) is 0. The van der Waals surface area contributed by atoms with Gasteiger partial charge in [0.2, 0.25) is 5.95 Å². The van der Waals surface area contributed by atoms with Crippen molar-refractivity contribution >= 4 is 60.2 Å². The molecule has 0 saturated heterocycles. The minimum atomic E-state index is 0.648. The number of pyridine rings is 1. The Balaban J connectivity index is 1.46. The van der Waals surface area contributed by atoms with Crippen molar-refractivity contribution in [3.8, 4) is 17.2 Å². The lowest BCUT2D eigenvalue weighted by atomic mass is 10.0. The van der Waals surface area contributed by atoms with Crippen molar-refractivity contribution < 1.29 is 0 Å². The Labute approximate surface area is 228 Å². The van der Waals surface area contributed by atoms with Crippen LogP contribution in [0.15, 0.2) is 128 Å². The first-order valence-electron chi connectivity index (χ1n) is 13.4. The largest absolute Gasteiger partial charge is 0.299 e. The van der Waals surface area contributed by atoms with Crippen LogP contribution in [-0.4, -0.2) is 23.9 Å². The highest BCUT2D eigenvalue weighted by Crippen LogP contribution is 2.37. The zero-order valence-corrected chi connectivity index (χ0v) is 21.4. The molecule has 0 aliphatic carbocycles. The van der Waals surface area contributed by atoms with E-state index >= 15 is 0 Å². The summed E-state index contributed by atoms with van der Waals surface area (Å²) in [6, 6.07) is 42.0. The molecule has 0 radical (unpaired) electrons. The summed E-state index contributed by atoms with van der Waals surface area (Å²) in [6.07, 6.45) is 2.11. The molecule has 4 aromatic heterocycles. The molecule has 5 nitrogen and oxygen atoms in total. The SMILES string of the molecule is c1ccc(-c2nc(-n3c4ccccc4c4c3ccn3c5ccccc5nc43)nc3c2ccc2ccccc23)cc1. The van der Waals surface area contributed by atoms with E-state index in [0.29, 0.717) is 5.95 Å². The summed E-state index contributed by atoms with van der Waals surface area (Å²) in [5, 5.41) is 5.53. The van der Waals surface area contributed by atoms with E-state index in [9.17, 15) is 0 Å². The van der Waals surface area contributed by atoms with E-state index in [4.69, 9.17) is 15.0 Å². The molecular formula is C35H21N5. The van der Waals surface area contributed by atoms with Crippen molar-refractivity contribution in [1.29, 1.82) is 0 Å². The van der Waals surface area contributed by atoms with E-state index in [1.807, 2.05) is 12.1 Å². The highest BCUT2D eigenvalue weighted by molar-refractivity contribution is 6.16. The molecule has 5 heteroatoms. The summed E-state index contributed by atoms with van der Waals surface area (Å²) in [5.74, 6) is 0.648. The zero-order chi connectivity index (χ0) is 26.2. The lowest BCUT2D eigenvalue weighted by Crippen LogP contribution is -2.04.